The third-order valence-electron chi connectivity index (χ3n) is 8.56. The normalized spacial score (nSPS) is 22.8. The number of amides is 2. The van der Waals surface area contributed by atoms with E-state index in [2.05, 4.69) is 36.3 Å². The number of anilines is 1. The van der Waals surface area contributed by atoms with Crippen molar-refractivity contribution in [3.05, 3.63) is 101 Å². The van der Waals surface area contributed by atoms with Crippen LogP contribution in [0.15, 0.2) is 78.9 Å². The second-order valence-corrected chi connectivity index (χ2v) is 11.6. The van der Waals surface area contributed by atoms with Gasteiger partial charge >= 0.3 is 12.1 Å². The van der Waals surface area contributed by atoms with Crippen LogP contribution in [0.2, 0.25) is 0 Å². The Labute approximate surface area is 260 Å². The molecule has 8 nitrogen and oxygen atoms in total. The van der Waals surface area contributed by atoms with Crippen molar-refractivity contribution in [2.24, 2.45) is 0 Å². The Balaban J connectivity index is 1.29. The molecule has 2 amide bonds. The van der Waals surface area contributed by atoms with Crippen LogP contribution in [0.1, 0.15) is 66.9 Å². The van der Waals surface area contributed by atoms with E-state index in [0.717, 1.165) is 11.1 Å². The zero-order chi connectivity index (χ0) is 32.1. The van der Waals surface area contributed by atoms with Crippen LogP contribution in [0.4, 0.5) is 18.9 Å². The van der Waals surface area contributed by atoms with E-state index in [4.69, 9.17) is 9.47 Å². The number of nitrogens with zero attached hydrogens (tertiary/aromatic N) is 2. The van der Waals surface area contributed by atoms with Crippen LogP contribution in [0.5, 0.6) is 0 Å². The molecule has 11 heteroatoms. The maximum absolute atomic E-state index is 13.0. The van der Waals surface area contributed by atoms with Gasteiger partial charge in [-0.3, -0.25) is 14.5 Å². The van der Waals surface area contributed by atoms with Crippen molar-refractivity contribution in [3.8, 4) is 0 Å². The van der Waals surface area contributed by atoms with Gasteiger partial charge in [-0.1, -0.05) is 66.7 Å². The SMILES string of the molecule is C[C@@H](c1ccccc1)N(C)C[C@H]1C[C@@H](c2ccc(CO)cc2)O[C@@H](c2ccc(NC(=O)[C@@H]3CCCN3C(=O)C(F)(F)F)cc2)O1. The number of ether oxygens (including phenoxy) is 2. The lowest BCUT2D eigenvalue weighted by atomic mass is 9.99. The lowest BCUT2D eigenvalue weighted by Crippen LogP contribution is -2.48. The molecule has 0 spiro atoms. The molecule has 0 radical (unpaired) electrons. The first-order valence-electron chi connectivity index (χ1n) is 15.1. The highest BCUT2D eigenvalue weighted by Crippen LogP contribution is 2.39. The zero-order valence-corrected chi connectivity index (χ0v) is 25.2. The first-order valence-corrected chi connectivity index (χ1v) is 15.1. The second-order valence-electron chi connectivity index (χ2n) is 11.6. The van der Waals surface area contributed by atoms with Crippen molar-refractivity contribution in [3.63, 3.8) is 0 Å². The van der Waals surface area contributed by atoms with Gasteiger partial charge in [0.2, 0.25) is 5.91 Å². The average molecular weight is 626 g/mol. The molecule has 3 aromatic carbocycles. The minimum Gasteiger partial charge on any atom is -0.392 e. The van der Waals surface area contributed by atoms with Gasteiger partial charge in [0, 0.05) is 36.8 Å². The van der Waals surface area contributed by atoms with E-state index < -0.39 is 30.3 Å². The smallest absolute Gasteiger partial charge is 0.392 e. The molecule has 2 N–H and O–H groups in total. The number of carbonyl (C=O) groups is 2. The Kier molecular flexibility index (Phi) is 10.2. The monoisotopic (exact) mass is 625 g/mol. The van der Waals surface area contributed by atoms with E-state index in [1.54, 1.807) is 24.3 Å². The Morgan fingerprint density at radius 2 is 1.67 bits per heavy atom. The summed E-state index contributed by atoms with van der Waals surface area (Å²) in [7, 11) is 2.06. The fourth-order valence-corrected chi connectivity index (χ4v) is 5.89. The molecule has 0 aliphatic carbocycles. The van der Waals surface area contributed by atoms with Gasteiger partial charge in [0.15, 0.2) is 6.29 Å². The summed E-state index contributed by atoms with van der Waals surface area (Å²) < 4.78 is 51.9. The number of aliphatic hydroxyl groups excluding tert-OH is 1. The average Bonchev–Trinajstić information content (AvgIpc) is 3.54. The van der Waals surface area contributed by atoms with Crippen LogP contribution in [-0.4, -0.2) is 65.2 Å². The number of rotatable bonds is 9. The van der Waals surface area contributed by atoms with Gasteiger partial charge in [0.25, 0.3) is 0 Å². The Hall–Kier alpha value is -3.77. The Morgan fingerprint density at radius 1 is 1.00 bits per heavy atom. The molecule has 2 aliphatic rings. The number of nitrogens with one attached hydrogen (secondary N) is 1. The van der Waals surface area contributed by atoms with Crippen molar-refractivity contribution >= 4 is 17.5 Å². The van der Waals surface area contributed by atoms with Crippen LogP contribution >= 0.6 is 0 Å². The molecule has 2 aliphatic heterocycles. The summed E-state index contributed by atoms with van der Waals surface area (Å²) in [5.41, 5.74) is 4.05. The number of likely N-dealkylation sites (tertiary alicyclic amines) is 1. The fourth-order valence-electron chi connectivity index (χ4n) is 5.89. The largest absolute Gasteiger partial charge is 0.471 e. The zero-order valence-electron chi connectivity index (χ0n) is 25.2. The van der Waals surface area contributed by atoms with E-state index in [9.17, 15) is 27.9 Å². The first kappa shape index (κ1) is 32.6. The lowest BCUT2D eigenvalue weighted by Gasteiger charge is -2.39. The number of hydrogen-bond donors (Lipinski definition) is 2. The predicted octanol–water partition coefficient (Wildman–Crippen LogP) is 5.91. The van der Waals surface area contributed by atoms with Crippen molar-refractivity contribution < 1.29 is 37.3 Å². The summed E-state index contributed by atoms with van der Waals surface area (Å²) >= 11 is 0. The molecule has 5 atom stereocenters. The van der Waals surface area contributed by atoms with Crippen molar-refractivity contribution in [1.82, 2.24) is 9.80 Å². The molecule has 5 rings (SSSR count). The number of aliphatic hydroxyl groups is 1. The van der Waals surface area contributed by atoms with Crippen molar-refractivity contribution in [2.75, 3.05) is 25.5 Å². The highest BCUT2D eigenvalue weighted by atomic mass is 19.4. The van der Waals surface area contributed by atoms with Gasteiger partial charge in [-0.2, -0.15) is 13.2 Å². The van der Waals surface area contributed by atoms with Gasteiger partial charge in [-0.25, -0.2) is 0 Å². The van der Waals surface area contributed by atoms with Gasteiger partial charge in [0.1, 0.15) is 6.04 Å². The number of carbonyl (C=O) groups excluding carboxylic acids is 2. The molecule has 0 bridgehead atoms. The number of halogens is 3. The Morgan fingerprint density at radius 3 is 2.31 bits per heavy atom. The number of hydrogen-bond acceptors (Lipinski definition) is 6. The van der Waals surface area contributed by atoms with E-state index in [-0.39, 0.29) is 37.8 Å². The fraction of sp³-hybridized carbons (Fsp3) is 0.412. The summed E-state index contributed by atoms with van der Waals surface area (Å²) in [6.45, 7) is 2.62. The number of likely N-dealkylation sites (N-methyl/N-ethyl adjacent to an activating group) is 1. The molecule has 240 valence electrons. The Bertz CT molecular complexity index is 1440. The highest BCUT2D eigenvalue weighted by molar-refractivity contribution is 5.98. The van der Waals surface area contributed by atoms with Crippen molar-refractivity contribution in [1.29, 1.82) is 0 Å². The lowest BCUT2D eigenvalue weighted by molar-refractivity contribution is -0.253. The maximum atomic E-state index is 13.0. The van der Waals surface area contributed by atoms with Crippen molar-refractivity contribution in [2.45, 2.75) is 69.6 Å². The molecular weight excluding hydrogens is 587 g/mol. The van der Waals surface area contributed by atoms with E-state index >= 15 is 0 Å². The minimum absolute atomic E-state index is 0.0529. The molecular formula is C34H38F3N3O5. The van der Waals surface area contributed by atoms with Crippen LogP contribution in [0.25, 0.3) is 0 Å². The van der Waals surface area contributed by atoms with Crippen LogP contribution in [-0.2, 0) is 25.7 Å². The maximum Gasteiger partial charge on any atom is 0.471 e. The molecule has 2 saturated heterocycles. The third kappa shape index (κ3) is 7.91. The van der Waals surface area contributed by atoms with E-state index in [1.807, 2.05) is 42.5 Å². The highest BCUT2D eigenvalue weighted by Gasteiger charge is 2.47. The van der Waals surface area contributed by atoms with E-state index in [0.29, 0.717) is 35.5 Å². The third-order valence-corrected chi connectivity index (χ3v) is 8.56. The minimum atomic E-state index is -5.03. The summed E-state index contributed by atoms with van der Waals surface area (Å²) in [4.78, 5) is 27.5. The summed E-state index contributed by atoms with van der Waals surface area (Å²) in [5.74, 6) is -2.66. The van der Waals surface area contributed by atoms with Crippen LogP contribution in [0.3, 0.4) is 0 Å². The molecule has 2 fully saturated rings. The van der Waals surface area contributed by atoms with Gasteiger partial charge in [-0.15, -0.1) is 0 Å². The van der Waals surface area contributed by atoms with Crippen LogP contribution in [0, 0.1) is 0 Å². The standard InChI is InChI=1S/C34H38F3N3O5/c1-22(24-7-4-3-5-8-24)39(2)20-28-19-30(25-12-10-23(21-41)11-13-25)45-32(44-28)26-14-16-27(17-15-26)38-31(42)29-9-6-18-40(29)33(43)34(35,36)37/h3-5,7-8,10-17,22,28-30,32,41H,6,9,18-21H2,1-2H3,(H,38,42)/t22-,28+,29-,30-,32-/m0/s1. The molecule has 2 heterocycles. The predicted molar refractivity (Wildman–Crippen MR) is 162 cm³/mol. The summed E-state index contributed by atoms with van der Waals surface area (Å²) in [6.07, 6.45) is -5.11. The molecule has 0 saturated carbocycles. The molecule has 45 heavy (non-hydrogen) atoms. The van der Waals surface area contributed by atoms with Gasteiger partial charge in [-0.05, 0) is 55.6 Å². The van der Waals surface area contributed by atoms with E-state index in [1.165, 1.54) is 5.56 Å². The van der Waals surface area contributed by atoms with Gasteiger partial charge < -0.3 is 24.8 Å². The number of benzene rings is 3. The second kappa shape index (κ2) is 14.1. The molecule has 0 aromatic heterocycles. The van der Waals surface area contributed by atoms with Gasteiger partial charge in [0.05, 0.1) is 18.8 Å². The topological polar surface area (TPSA) is 91.3 Å². The first-order chi connectivity index (χ1) is 21.5. The summed E-state index contributed by atoms with van der Waals surface area (Å²) in [5, 5.41) is 12.1. The molecule has 0 unspecified atom stereocenters. The van der Waals surface area contributed by atoms with Crippen LogP contribution < -0.4 is 5.32 Å². The number of alkyl halides is 3. The molecule has 3 aromatic rings. The summed E-state index contributed by atoms with van der Waals surface area (Å²) in [6, 6.07) is 23.6. The quantitative estimate of drug-likeness (QED) is 0.308.